The molecule has 0 bridgehead atoms. The number of benzene rings is 2. The molecule has 2 aromatic carbocycles. The van der Waals surface area contributed by atoms with Crippen molar-refractivity contribution in [2.45, 2.75) is 6.61 Å². The average molecular weight is 311 g/mol. The smallest absolute Gasteiger partial charge is 0.153 e. The molecule has 0 atom stereocenters. The topological polar surface area (TPSA) is 35.5 Å². The maximum atomic E-state index is 11.0. The number of aldehydes is 1. The number of hydrogen-bond donors (Lipinski definition) is 0. The first-order chi connectivity index (χ1) is 9.65. The summed E-state index contributed by atoms with van der Waals surface area (Å²) in [5.74, 6) is 1.07. The van der Waals surface area contributed by atoms with Crippen LogP contribution in [0, 0.1) is 0 Å². The lowest BCUT2D eigenvalue weighted by atomic mass is 10.2. The van der Waals surface area contributed by atoms with Gasteiger partial charge in [-0.25, -0.2) is 0 Å². The van der Waals surface area contributed by atoms with Crippen molar-refractivity contribution in [3.63, 3.8) is 0 Å². The molecule has 0 saturated heterocycles. The summed E-state index contributed by atoms with van der Waals surface area (Å²) in [5, 5.41) is 0.924. The predicted octanol–water partition coefficient (Wildman–Crippen LogP) is 4.39. The highest BCUT2D eigenvalue weighted by atomic mass is 35.5. The van der Waals surface area contributed by atoms with Crippen LogP contribution < -0.4 is 9.47 Å². The van der Waals surface area contributed by atoms with E-state index in [0.29, 0.717) is 27.1 Å². The van der Waals surface area contributed by atoms with E-state index in [1.165, 1.54) is 7.11 Å². The zero-order chi connectivity index (χ0) is 14.5. The van der Waals surface area contributed by atoms with E-state index in [2.05, 4.69) is 0 Å². The highest BCUT2D eigenvalue weighted by Gasteiger charge is 2.08. The third-order valence-electron chi connectivity index (χ3n) is 2.76. The van der Waals surface area contributed by atoms with Gasteiger partial charge in [0.15, 0.2) is 6.29 Å². The second kappa shape index (κ2) is 6.64. The number of rotatable bonds is 5. The Kier molecular flexibility index (Phi) is 4.88. The molecule has 0 fully saturated rings. The molecule has 0 saturated carbocycles. The molecule has 2 aromatic rings. The molecule has 0 aliphatic carbocycles. The lowest BCUT2D eigenvalue weighted by Gasteiger charge is -2.11. The Morgan fingerprint density at radius 3 is 2.70 bits per heavy atom. The van der Waals surface area contributed by atoms with Gasteiger partial charge in [-0.3, -0.25) is 4.79 Å². The van der Waals surface area contributed by atoms with Crippen molar-refractivity contribution >= 4 is 29.5 Å². The molecular weight excluding hydrogens is 299 g/mol. The van der Waals surface area contributed by atoms with Crippen LogP contribution in [0.1, 0.15) is 15.9 Å². The molecule has 0 aromatic heterocycles. The van der Waals surface area contributed by atoms with Gasteiger partial charge < -0.3 is 9.47 Å². The third kappa shape index (κ3) is 3.24. The van der Waals surface area contributed by atoms with E-state index in [4.69, 9.17) is 32.7 Å². The van der Waals surface area contributed by atoms with Gasteiger partial charge in [-0.2, -0.15) is 0 Å². The van der Waals surface area contributed by atoms with Crippen LogP contribution in [0.15, 0.2) is 36.4 Å². The molecule has 104 valence electrons. The first-order valence-corrected chi connectivity index (χ1v) is 6.60. The van der Waals surface area contributed by atoms with Crippen LogP contribution in [0.25, 0.3) is 0 Å². The van der Waals surface area contributed by atoms with E-state index in [0.717, 1.165) is 11.8 Å². The molecule has 0 unspecified atom stereocenters. The van der Waals surface area contributed by atoms with Gasteiger partial charge in [-0.05, 0) is 24.3 Å². The number of halogens is 2. The lowest BCUT2D eigenvalue weighted by Crippen LogP contribution is -1.99. The molecular formula is C15H12Cl2O3. The van der Waals surface area contributed by atoms with E-state index in [1.807, 2.05) is 6.07 Å². The minimum atomic E-state index is 0.229. The maximum Gasteiger partial charge on any atom is 0.153 e. The van der Waals surface area contributed by atoms with Gasteiger partial charge in [0.2, 0.25) is 0 Å². The molecule has 0 spiro atoms. The molecule has 2 rings (SSSR count). The van der Waals surface area contributed by atoms with Gasteiger partial charge in [0, 0.05) is 5.56 Å². The van der Waals surface area contributed by atoms with Crippen molar-refractivity contribution in [2.75, 3.05) is 7.11 Å². The fourth-order valence-corrected chi connectivity index (χ4v) is 2.07. The Balaban J connectivity index is 2.18. The van der Waals surface area contributed by atoms with Crippen molar-refractivity contribution in [3.05, 3.63) is 57.6 Å². The molecule has 3 nitrogen and oxygen atoms in total. The van der Waals surface area contributed by atoms with Crippen LogP contribution in [0.4, 0.5) is 0 Å². The summed E-state index contributed by atoms with van der Waals surface area (Å²) in [6.07, 6.45) is 0.720. The quantitative estimate of drug-likeness (QED) is 0.768. The number of methoxy groups -OCH3 is 1. The molecule has 0 N–H and O–H groups in total. The molecule has 0 aliphatic rings. The van der Waals surface area contributed by atoms with Gasteiger partial charge in [0.05, 0.1) is 22.7 Å². The summed E-state index contributed by atoms with van der Waals surface area (Å²) >= 11 is 12.0. The van der Waals surface area contributed by atoms with E-state index in [-0.39, 0.29) is 6.61 Å². The highest BCUT2D eigenvalue weighted by molar-refractivity contribution is 6.42. The Bertz CT molecular complexity index is 627. The van der Waals surface area contributed by atoms with Crippen molar-refractivity contribution in [1.29, 1.82) is 0 Å². The number of hydrogen-bond acceptors (Lipinski definition) is 3. The second-order valence-corrected chi connectivity index (χ2v) is 4.81. The van der Waals surface area contributed by atoms with Crippen LogP contribution in [-0.4, -0.2) is 13.4 Å². The van der Waals surface area contributed by atoms with Gasteiger partial charge in [-0.1, -0.05) is 35.3 Å². The summed E-state index contributed by atoms with van der Waals surface area (Å²) in [6, 6.07) is 10.3. The Morgan fingerprint density at radius 1 is 1.20 bits per heavy atom. The number of carbonyl (C=O) groups excluding carboxylic acids is 1. The van der Waals surface area contributed by atoms with Gasteiger partial charge in [0.1, 0.15) is 18.1 Å². The molecule has 0 aliphatic heterocycles. The van der Waals surface area contributed by atoms with Gasteiger partial charge >= 0.3 is 0 Å². The van der Waals surface area contributed by atoms with Crippen LogP contribution in [-0.2, 0) is 6.61 Å². The van der Waals surface area contributed by atoms with Crippen LogP contribution in [0.5, 0.6) is 11.5 Å². The van der Waals surface area contributed by atoms with Crippen molar-refractivity contribution < 1.29 is 14.3 Å². The fraction of sp³-hybridized carbons (Fsp3) is 0.133. The van der Waals surface area contributed by atoms with Crippen LogP contribution >= 0.6 is 23.2 Å². The maximum absolute atomic E-state index is 11.0. The minimum Gasteiger partial charge on any atom is -0.497 e. The largest absolute Gasteiger partial charge is 0.497 e. The Labute approximate surface area is 127 Å². The summed E-state index contributed by atoms with van der Waals surface area (Å²) in [5.41, 5.74) is 1.18. The zero-order valence-electron chi connectivity index (χ0n) is 10.7. The van der Waals surface area contributed by atoms with E-state index < -0.39 is 0 Å². The van der Waals surface area contributed by atoms with Crippen LogP contribution in [0.2, 0.25) is 10.0 Å². The molecule has 20 heavy (non-hydrogen) atoms. The monoisotopic (exact) mass is 310 g/mol. The second-order valence-electron chi connectivity index (χ2n) is 4.02. The number of carbonyl (C=O) groups is 1. The van der Waals surface area contributed by atoms with E-state index in [1.54, 1.807) is 30.3 Å². The molecule has 0 radical (unpaired) electrons. The first kappa shape index (κ1) is 14.7. The minimum absolute atomic E-state index is 0.229. The van der Waals surface area contributed by atoms with Gasteiger partial charge in [-0.15, -0.1) is 0 Å². The fourth-order valence-electron chi connectivity index (χ4n) is 1.69. The van der Waals surface area contributed by atoms with Crippen molar-refractivity contribution in [2.24, 2.45) is 0 Å². The highest BCUT2D eigenvalue weighted by Crippen LogP contribution is 2.28. The van der Waals surface area contributed by atoms with Gasteiger partial charge in [0.25, 0.3) is 0 Å². The summed E-state index contributed by atoms with van der Waals surface area (Å²) < 4.78 is 10.7. The SMILES string of the molecule is COc1ccc(OCc2cccc(Cl)c2Cl)c(C=O)c1. The zero-order valence-corrected chi connectivity index (χ0v) is 12.2. The summed E-state index contributed by atoms with van der Waals surface area (Å²) in [7, 11) is 1.54. The normalized spacial score (nSPS) is 10.2. The van der Waals surface area contributed by atoms with Crippen molar-refractivity contribution in [3.8, 4) is 11.5 Å². The number of ether oxygens (including phenoxy) is 2. The Hall–Kier alpha value is -1.71. The average Bonchev–Trinajstić information content (AvgIpc) is 2.48. The molecule has 0 heterocycles. The van der Waals surface area contributed by atoms with E-state index >= 15 is 0 Å². The Morgan fingerprint density at radius 2 is 2.00 bits per heavy atom. The van der Waals surface area contributed by atoms with Crippen molar-refractivity contribution in [1.82, 2.24) is 0 Å². The summed E-state index contributed by atoms with van der Waals surface area (Å²) in [6.45, 7) is 0.229. The lowest BCUT2D eigenvalue weighted by molar-refractivity contribution is 0.111. The third-order valence-corrected chi connectivity index (χ3v) is 3.62. The van der Waals surface area contributed by atoms with E-state index in [9.17, 15) is 4.79 Å². The summed E-state index contributed by atoms with van der Waals surface area (Å²) in [4.78, 5) is 11.0. The van der Waals surface area contributed by atoms with Crippen LogP contribution in [0.3, 0.4) is 0 Å². The first-order valence-electron chi connectivity index (χ1n) is 5.84. The standard InChI is InChI=1S/C15H12Cl2O3/c1-19-12-5-6-14(11(7-12)8-18)20-9-10-3-2-4-13(16)15(10)17/h2-8H,9H2,1H3. The predicted molar refractivity (Wildman–Crippen MR) is 79.2 cm³/mol. The molecule has 5 heteroatoms. The molecule has 0 amide bonds.